The van der Waals surface area contributed by atoms with Crippen LogP contribution in [0.3, 0.4) is 0 Å². The number of anilines is 2. The zero-order valence-electron chi connectivity index (χ0n) is 20.9. The number of nitriles is 1. The molecule has 0 aliphatic rings. The average Bonchev–Trinajstić information content (AvgIpc) is 2.85. The first-order valence-electron chi connectivity index (χ1n) is 11.3. The zero-order valence-corrected chi connectivity index (χ0v) is 20.9. The molecule has 2 N–H and O–H groups in total. The Morgan fingerprint density at radius 1 is 1.03 bits per heavy atom. The fourth-order valence-electron chi connectivity index (χ4n) is 3.26. The summed E-state index contributed by atoms with van der Waals surface area (Å²) in [4.78, 5) is 27.5. The summed E-state index contributed by atoms with van der Waals surface area (Å²) in [5.74, 6) is 0.316. The molecule has 0 fully saturated rings. The molecular weight excluding hydrogens is 450 g/mol. The van der Waals surface area contributed by atoms with Crippen molar-refractivity contribution in [2.45, 2.75) is 25.7 Å². The predicted molar refractivity (Wildman–Crippen MR) is 142 cm³/mol. The van der Waals surface area contributed by atoms with Crippen LogP contribution in [0, 0.1) is 11.3 Å². The summed E-state index contributed by atoms with van der Waals surface area (Å²) in [6, 6.07) is 13.4. The van der Waals surface area contributed by atoms with Gasteiger partial charge in [0.25, 0.3) is 0 Å². The standard InChI is InChI=1S/C28H29N7O/c1-6-7-24(18-35(4)5)34-27-31-15-22(16-32-27)21-10-8-20(9-11-21)14-26(36)33-23-12-13-25(30-17-23)28(2,3)19-29/h7-13,15-18H,1,14H2,2-5H3,(H,33,36)(H,31,32,34)/b24-18+. The van der Waals surface area contributed by atoms with Gasteiger partial charge < -0.3 is 15.5 Å². The van der Waals surface area contributed by atoms with Crippen molar-refractivity contribution >= 4 is 17.5 Å². The number of amides is 1. The number of hydrogen-bond donors (Lipinski definition) is 2. The molecule has 0 radical (unpaired) electrons. The molecule has 8 nitrogen and oxygen atoms in total. The molecule has 3 aromatic rings. The maximum Gasteiger partial charge on any atom is 0.228 e. The minimum Gasteiger partial charge on any atom is -0.382 e. The number of pyridine rings is 1. The Balaban J connectivity index is 1.60. The third-order valence-electron chi connectivity index (χ3n) is 5.18. The van der Waals surface area contributed by atoms with Gasteiger partial charge in [0, 0.05) is 44.3 Å². The fraction of sp³-hybridized carbons (Fsp3) is 0.214. The van der Waals surface area contributed by atoms with Crippen molar-refractivity contribution in [3.05, 3.63) is 96.5 Å². The van der Waals surface area contributed by atoms with E-state index in [1.807, 2.05) is 49.5 Å². The van der Waals surface area contributed by atoms with E-state index in [0.29, 0.717) is 17.3 Å². The maximum atomic E-state index is 12.5. The van der Waals surface area contributed by atoms with Gasteiger partial charge in [-0.2, -0.15) is 5.26 Å². The summed E-state index contributed by atoms with van der Waals surface area (Å²) in [6.45, 7) is 7.21. The second-order valence-electron chi connectivity index (χ2n) is 8.91. The van der Waals surface area contributed by atoms with Crippen molar-refractivity contribution in [1.29, 1.82) is 5.26 Å². The van der Waals surface area contributed by atoms with Crippen LogP contribution in [0.25, 0.3) is 11.1 Å². The number of rotatable bonds is 9. The van der Waals surface area contributed by atoms with Gasteiger partial charge in [-0.3, -0.25) is 9.78 Å². The highest BCUT2D eigenvalue weighted by Gasteiger charge is 2.21. The highest BCUT2D eigenvalue weighted by molar-refractivity contribution is 5.92. The molecular formula is C28H29N7O. The Hall–Kier alpha value is -4.73. The summed E-state index contributed by atoms with van der Waals surface area (Å²) in [7, 11) is 3.84. The number of benzene rings is 1. The van der Waals surface area contributed by atoms with Gasteiger partial charge in [0.05, 0.1) is 41.2 Å². The predicted octanol–water partition coefficient (Wildman–Crippen LogP) is 4.68. The number of nitrogens with zero attached hydrogens (tertiary/aromatic N) is 5. The molecule has 0 bridgehead atoms. The molecule has 182 valence electrons. The van der Waals surface area contributed by atoms with Gasteiger partial charge >= 0.3 is 0 Å². The number of carbonyl (C=O) groups is 1. The van der Waals surface area contributed by atoms with E-state index in [0.717, 1.165) is 22.4 Å². The van der Waals surface area contributed by atoms with E-state index in [4.69, 9.17) is 0 Å². The Kier molecular flexibility index (Phi) is 8.35. The Morgan fingerprint density at radius 2 is 1.72 bits per heavy atom. The molecule has 0 unspecified atom stereocenters. The molecule has 0 aliphatic heterocycles. The summed E-state index contributed by atoms with van der Waals surface area (Å²) in [6.07, 6.45) is 8.88. The number of carbonyl (C=O) groups excluding carboxylic acids is 1. The summed E-state index contributed by atoms with van der Waals surface area (Å²) in [5.41, 5.74) is 6.76. The first-order chi connectivity index (χ1) is 17.2. The van der Waals surface area contributed by atoms with Crippen LogP contribution in [0.5, 0.6) is 0 Å². The van der Waals surface area contributed by atoms with Gasteiger partial charge in [0.15, 0.2) is 0 Å². The largest absolute Gasteiger partial charge is 0.382 e. The van der Waals surface area contributed by atoms with Gasteiger partial charge in [0.2, 0.25) is 11.9 Å². The van der Waals surface area contributed by atoms with Gasteiger partial charge in [-0.25, -0.2) is 9.97 Å². The minimum absolute atomic E-state index is 0.147. The van der Waals surface area contributed by atoms with Crippen LogP contribution in [-0.2, 0) is 16.6 Å². The number of allylic oxidation sites excluding steroid dienone is 1. The van der Waals surface area contributed by atoms with E-state index >= 15 is 0 Å². The molecule has 0 spiro atoms. The van der Waals surface area contributed by atoms with Crippen LogP contribution in [0.1, 0.15) is 25.1 Å². The van der Waals surface area contributed by atoms with Crippen molar-refractivity contribution in [2.75, 3.05) is 24.7 Å². The first kappa shape index (κ1) is 25.9. The van der Waals surface area contributed by atoms with E-state index in [1.165, 1.54) is 0 Å². The normalized spacial score (nSPS) is 11.1. The highest BCUT2D eigenvalue weighted by atomic mass is 16.1. The monoisotopic (exact) mass is 479 g/mol. The molecule has 0 saturated carbocycles. The van der Waals surface area contributed by atoms with E-state index in [1.54, 1.807) is 50.6 Å². The van der Waals surface area contributed by atoms with Crippen molar-refractivity contribution in [2.24, 2.45) is 0 Å². The Bertz CT molecular complexity index is 1310. The third-order valence-corrected chi connectivity index (χ3v) is 5.18. The van der Waals surface area contributed by atoms with Crippen molar-refractivity contribution in [3.63, 3.8) is 0 Å². The van der Waals surface area contributed by atoms with Crippen LogP contribution in [0.2, 0.25) is 0 Å². The van der Waals surface area contributed by atoms with Crippen molar-refractivity contribution < 1.29 is 4.79 Å². The van der Waals surface area contributed by atoms with Crippen molar-refractivity contribution in [3.8, 4) is 17.2 Å². The molecule has 2 heterocycles. The lowest BCUT2D eigenvalue weighted by atomic mass is 9.91. The van der Waals surface area contributed by atoms with Gasteiger partial charge in [0.1, 0.15) is 0 Å². The van der Waals surface area contributed by atoms with E-state index in [2.05, 4.69) is 44.0 Å². The lowest BCUT2D eigenvalue weighted by molar-refractivity contribution is -0.115. The molecule has 2 aromatic heterocycles. The second kappa shape index (κ2) is 11.6. The molecule has 0 saturated heterocycles. The van der Waals surface area contributed by atoms with Gasteiger partial charge in [-0.05, 0) is 37.1 Å². The van der Waals surface area contributed by atoms with E-state index in [-0.39, 0.29) is 12.3 Å². The number of nitrogens with one attached hydrogen (secondary N) is 2. The van der Waals surface area contributed by atoms with Gasteiger partial charge in [-0.15, -0.1) is 5.73 Å². The fourth-order valence-corrected chi connectivity index (χ4v) is 3.26. The first-order valence-corrected chi connectivity index (χ1v) is 11.3. The minimum atomic E-state index is -0.679. The van der Waals surface area contributed by atoms with Crippen LogP contribution in [-0.4, -0.2) is 39.9 Å². The SMILES string of the molecule is C=C=C/C(=C\N(C)C)Nc1ncc(-c2ccc(CC(=O)Nc3ccc(C(C)(C)C#N)nc3)cc2)cn1. The second-order valence-corrected chi connectivity index (χ2v) is 8.91. The van der Waals surface area contributed by atoms with Crippen LogP contribution in [0.15, 0.2) is 85.3 Å². The lowest BCUT2D eigenvalue weighted by Crippen LogP contribution is -2.17. The summed E-state index contributed by atoms with van der Waals surface area (Å²) in [5, 5.41) is 15.2. The van der Waals surface area contributed by atoms with Gasteiger partial charge in [-0.1, -0.05) is 30.8 Å². The molecule has 36 heavy (non-hydrogen) atoms. The van der Waals surface area contributed by atoms with Crippen molar-refractivity contribution in [1.82, 2.24) is 19.9 Å². The molecule has 0 atom stereocenters. The van der Waals surface area contributed by atoms with Crippen LogP contribution >= 0.6 is 0 Å². The zero-order chi connectivity index (χ0) is 26.1. The quantitative estimate of drug-likeness (QED) is 0.339. The van der Waals surface area contributed by atoms with Crippen LogP contribution in [0.4, 0.5) is 11.6 Å². The third kappa shape index (κ3) is 7.13. The summed E-state index contributed by atoms with van der Waals surface area (Å²) >= 11 is 0. The van der Waals surface area contributed by atoms with E-state index in [9.17, 15) is 10.1 Å². The summed E-state index contributed by atoms with van der Waals surface area (Å²) < 4.78 is 0. The highest BCUT2D eigenvalue weighted by Crippen LogP contribution is 2.22. The molecule has 1 amide bonds. The van der Waals surface area contributed by atoms with Crippen LogP contribution < -0.4 is 10.6 Å². The lowest BCUT2D eigenvalue weighted by Gasteiger charge is -2.14. The Morgan fingerprint density at radius 3 is 2.28 bits per heavy atom. The Labute approximate surface area is 211 Å². The average molecular weight is 480 g/mol. The molecule has 8 heteroatoms. The number of aromatic nitrogens is 3. The molecule has 3 rings (SSSR count). The number of hydrogen-bond acceptors (Lipinski definition) is 7. The smallest absolute Gasteiger partial charge is 0.228 e. The molecule has 0 aliphatic carbocycles. The van der Waals surface area contributed by atoms with E-state index < -0.39 is 5.41 Å². The topological polar surface area (TPSA) is 107 Å². The maximum absolute atomic E-state index is 12.5. The molecule has 1 aromatic carbocycles.